The van der Waals surface area contributed by atoms with E-state index in [0.29, 0.717) is 11.1 Å². The molecule has 22 heavy (non-hydrogen) atoms. The highest BCUT2D eigenvalue weighted by molar-refractivity contribution is 14.1. The lowest BCUT2D eigenvalue weighted by molar-refractivity contribution is -0.275. The number of benzene rings is 2. The fourth-order valence-corrected chi connectivity index (χ4v) is 3.67. The van der Waals surface area contributed by atoms with Crippen LogP contribution in [0.1, 0.15) is 22.3 Å². The number of hydrogen-bond donors (Lipinski definition) is 0. The molecule has 0 heterocycles. The van der Waals surface area contributed by atoms with Gasteiger partial charge >= 0.3 is 6.36 Å². The molecule has 2 aromatic rings. The van der Waals surface area contributed by atoms with Crippen LogP contribution in [-0.2, 0) is 0 Å². The quantitative estimate of drug-likeness (QED) is 0.535. The Balaban J connectivity index is 2.56. The second-order valence-electron chi connectivity index (χ2n) is 5.40. The van der Waals surface area contributed by atoms with E-state index in [0.717, 1.165) is 25.8 Å². The number of halogens is 4. The van der Waals surface area contributed by atoms with Crippen LogP contribution >= 0.6 is 22.6 Å². The minimum absolute atomic E-state index is 0.114. The largest absolute Gasteiger partial charge is 0.573 e. The molecule has 0 aliphatic carbocycles. The maximum Gasteiger partial charge on any atom is 0.573 e. The number of ether oxygens (including phenoxy) is 1. The smallest absolute Gasteiger partial charge is 0.405 e. The number of alkyl halides is 3. The maximum absolute atomic E-state index is 12.5. The van der Waals surface area contributed by atoms with E-state index in [1.165, 1.54) is 0 Å². The van der Waals surface area contributed by atoms with Crippen molar-refractivity contribution in [2.24, 2.45) is 0 Å². The Labute approximate surface area is 141 Å². The Hall–Kier alpha value is -1.24. The summed E-state index contributed by atoms with van der Waals surface area (Å²) in [5.74, 6) is -0.114. The Kier molecular flexibility index (Phi) is 4.75. The van der Waals surface area contributed by atoms with Crippen LogP contribution in [0.4, 0.5) is 13.2 Å². The van der Waals surface area contributed by atoms with Crippen molar-refractivity contribution in [3.05, 3.63) is 50.1 Å². The van der Waals surface area contributed by atoms with Crippen molar-refractivity contribution in [3.8, 4) is 16.9 Å². The molecule has 0 N–H and O–H groups in total. The van der Waals surface area contributed by atoms with E-state index in [1.54, 1.807) is 26.0 Å². The Morgan fingerprint density at radius 1 is 0.818 bits per heavy atom. The molecule has 0 fully saturated rings. The van der Waals surface area contributed by atoms with Crippen molar-refractivity contribution in [3.63, 3.8) is 0 Å². The van der Waals surface area contributed by atoms with Gasteiger partial charge in [0, 0.05) is 3.57 Å². The van der Waals surface area contributed by atoms with Crippen molar-refractivity contribution in [2.75, 3.05) is 0 Å². The zero-order valence-corrected chi connectivity index (χ0v) is 14.9. The van der Waals surface area contributed by atoms with Crippen LogP contribution in [-0.4, -0.2) is 6.36 Å². The maximum atomic E-state index is 12.5. The van der Waals surface area contributed by atoms with Gasteiger partial charge in [0.25, 0.3) is 0 Å². The summed E-state index contributed by atoms with van der Waals surface area (Å²) >= 11 is 2.26. The molecule has 0 aliphatic rings. The van der Waals surface area contributed by atoms with Gasteiger partial charge in [0.2, 0.25) is 0 Å². The van der Waals surface area contributed by atoms with Crippen LogP contribution in [0.15, 0.2) is 24.3 Å². The fraction of sp³-hybridized carbons (Fsp3) is 0.294. The Morgan fingerprint density at radius 3 is 1.68 bits per heavy atom. The van der Waals surface area contributed by atoms with Gasteiger partial charge in [-0.05, 0) is 108 Å². The molecule has 1 nitrogen and oxygen atoms in total. The third-order valence-electron chi connectivity index (χ3n) is 3.46. The van der Waals surface area contributed by atoms with E-state index in [4.69, 9.17) is 0 Å². The molecule has 0 saturated carbocycles. The van der Waals surface area contributed by atoms with E-state index < -0.39 is 6.36 Å². The predicted octanol–water partition coefficient (Wildman–Crippen LogP) is 6.09. The highest BCUT2D eigenvalue weighted by Gasteiger charge is 2.32. The van der Waals surface area contributed by atoms with Crippen LogP contribution in [0, 0.1) is 31.3 Å². The SMILES string of the molecule is Cc1cc(-c2c(C)cc(I)cc2C)cc(C)c1OC(F)(F)F. The van der Waals surface area contributed by atoms with Crippen molar-refractivity contribution < 1.29 is 17.9 Å². The highest BCUT2D eigenvalue weighted by atomic mass is 127. The van der Waals surface area contributed by atoms with E-state index >= 15 is 0 Å². The van der Waals surface area contributed by atoms with Gasteiger partial charge in [-0.15, -0.1) is 13.2 Å². The monoisotopic (exact) mass is 420 g/mol. The summed E-state index contributed by atoms with van der Waals surface area (Å²) in [6, 6.07) is 7.62. The topological polar surface area (TPSA) is 9.23 Å². The second-order valence-corrected chi connectivity index (χ2v) is 6.65. The van der Waals surface area contributed by atoms with Gasteiger partial charge in [-0.2, -0.15) is 0 Å². The van der Waals surface area contributed by atoms with Crippen LogP contribution in [0.5, 0.6) is 5.75 Å². The fourth-order valence-electron chi connectivity index (χ4n) is 2.74. The first-order chi connectivity index (χ1) is 10.1. The molecular weight excluding hydrogens is 404 g/mol. The van der Waals surface area contributed by atoms with Crippen LogP contribution in [0.3, 0.4) is 0 Å². The highest BCUT2D eigenvalue weighted by Crippen LogP contribution is 2.36. The molecular formula is C17H16F3IO. The molecule has 0 aromatic heterocycles. The standard InChI is InChI=1S/C17H16F3IO/c1-9-7-14(21)8-10(2)15(9)13-5-11(3)16(12(4)6-13)22-17(18,19)20/h5-8H,1-4H3. The van der Waals surface area contributed by atoms with E-state index in [1.807, 2.05) is 13.8 Å². The van der Waals surface area contributed by atoms with Gasteiger partial charge in [0.1, 0.15) is 5.75 Å². The van der Waals surface area contributed by atoms with Crippen LogP contribution in [0.25, 0.3) is 11.1 Å². The van der Waals surface area contributed by atoms with Gasteiger partial charge in [0.15, 0.2) is 0 Å². The number of rotatable bonds is 2. The molecule has 2 rings (SSSR count). The number of aryl methyl sites for hydroxylation is 4. The van der Waals surface area contributed by atoms with Gasteiger partial charge in [0.05, 0.1) is 0 Å². The van der Waals surface area contributed by atoms with E-state index in [2.05, 4.69) is 39.5 Å². The van der Waals surface area contributed by atoms with Gasteiger partial charge in [-0.1, -0.05) is 0 Å². The molecule has 5 heteroatoms. The summed E-state index contributed by atoms with van der Waals surface area (Å²) in [5.41, 5.74) is 5.14. The van der Waals surface area contributed by atoms with E-state index in [9.17, 15) is 13.2 Å². The third kappa shape index (κ3) is 3.74. The molecule has 118 valence electrons. The summed E-state index contributed by atoms with van der Waals surface area (Å²) in [4.78, 5) is 0. The van der Waals surface area contributed by atoms with E-state index in [-0.39, 0.29) is 5.75 Å². The Bertz CT molecular complexity index is 674. The summed E-state index contributed by atoms with van der Waals surface area (Å²) < 4.78 is 42.7. The van der Waals surface area contributed by atoms with Gasteiger partial charge < -0.3 is 4.74 Å². The average molecular weight is 420 g/mol. The zero-order valence-electron chi connectivity index (χ0n) is 12.7. The molecule has 0 unspecified atom stereocenters. The first-order valence-corrected chi connectivity index (χ1v) is 7.80. The molecule has 0 amide bonds. The minimum Gasteiger partial charge on any atom is -0.405 e. The van der Waals surface area contributed by atoms with Crippen molar-refractivity contribution >= 4 is 22.6 Å². The summed E-state index contributed by atoms with van der Waals surface area (Å²) in [7, 11) is 0. The molecule has 0 bridgehead atoms. The lowest BCUT2D eigenvalue weighted by Crippen LogP contribution is -2.18. The molecule has 0 radical (unpaired) electrons. The predicted molar refractivity (Wildman–Crippen MR) is 90.2 cm³/mol. The molecule has 2 aromatic carbocycles. The molecule has 0 spiro atoms. The zero-order chi connectivity index (χ0) is 16.7. The molecule has 0 aliphatic heterocycles. The Morgan fingerprint density at radius 2 is 1.27 bits per heavy atom. The van der Waals surface area contributed by atoms with Crippen molar-refractivity contribution in [1.82, 2.24) is 0 Å². The van der Waals surface area contributed by atoms with Crippen LogP contribution < -0.4 is 4.74 Å². The summed E-state index contributed by atoms with van der Waals surface area (Å²) in [6.45, 7) is 7.29. The first kappa shape index (κ1) is 17.1. The van der Waals surface area contributed by atoms with Gasteiger partial charge in [-0.3, -0.25) is 0 Å². The van der Waals surface area contributed by atoms with Crippen molar-refractivity contribution in [1.29, 1.82) is 0 Å². The third-order valence-corrected chi connectivity index (χ3v) is 4.09. The van der Waals surface area contributed by atoms with Crippen molar-refractivity contribution in [2.45, 2.75) is 34.1 Å². The first-order valence-electron chi connectivity index (χ1n) is 6.72. The summed E-state index contributed by atoms with van der Waals surface area (Å²) in [5, 5.41) is 0. The van der Waals surface area contributed by atoms with Gasteiger partial charge in [-0.25, -0.2) is 0 Å². The number of hydrogen-bond acceptors (Lipinski definition) is 1. The molecule has 0 atom stereocenters. The minimum atomic E-state index is -4.67. The molecule has 0 saturated heterocycles. The summed E-state index contributed by atoms with van der Waals surface area (Å²) in [6.07, 6.45) is -4.67. The lowest BCUT2D eigenvalue weighted by atomic mass is 9.93. The second kappa shape index (κ2) is 6.10. The van der Waals surface area contributed by atoms with Crippen LogP contribution in [0.2, 0.25) is 0 Å². The average Bonchev–Trinajstić information content (AvgIpc) is 2.31. The normalized spacial score (nSPS) is 11.6. The lowest BCUT2D eigenvalue weighted by Gasteiger charge is -2.17.